The molecule has 2 atom stereocenters. The number of ether oxygens (including phenoxy) is 2. The molecule has 0 aliphatic carbocycles. The molecule has 1 aromatic carbocycles. The molecule has 0 amide bonds. The van der Waals surface area contributed by atoms with Crippen LogP contribution in [0.5, 0.6) is 0 Å². The lowest BCUT2D eigenvalue weighted by molar-refractivity contribution is -0.0322. The summed E-state index contributed by atoms with van der Waals surface area (Å²) in [4.78, 5) is 0. The van der Waals surface area contributed by atoms with Crippen LogP contribution in [0.25, 0.3) is 0 Å². The van der Waals surface area contributed by atoms with E-state index in [9.17, 15) is 5.11 Å². The Kier molecular flexibility index (Phi) is 6.29. The van der Waals surface area contributed by atoms with Crippen molar-refractivity contribution in [3.63, 3.8) is 0 Å². The highest BCUT2D eigenvalue weighted by atomic mass is 16.5. The van der Waals surface area contributed by atoms with Crippen molar-refractivity contribution >= 4 is 0 Å². The van der Waals surface area contributed by atoms with E-state index in [2.05, 4.69) is 5.32 Å². The predicted molar refractivity (Wildman–Crippen MR) is 71.6 cm³/mol. The molecule has 0 aromatic heterocycles. The molecule has 1 rings (SSSR count). The van der Waals surface area contributed by atoms with Crippen LogP contribution in [0.2, 0.25) is 0 Å². The molecule has 1 aromatic rings. The molecular weight excluding hydrogens is 230 g/mol. The average molecular weight is 253 g/mol. The SMILES string of the molecule is CNC(CO)(COC(C)COC)c1ccccc1. The van der Waals surface area contributed by atoms with Gasteiger partial charge in [-0.1, -0.05) is 30.3 Å². The van der Waals surface area contributed by atoms with Crippen LogP contribution < -0.4 is 5.32 Å². The molecular formula is C14H23NO3. The van der Waals surface area contributed by atoms with Crippen molar-refractivity contribution in [2.75, 3.05) is 34.0 Å². The van der Waals surface area contributed by atoms with Gasteiger partial charge in [-0.05, 0) is 19.5 Å². The molecule has 0 aliphatic rings. The van der Waals surface area contributed by atoms with Crippen molar-refractivity contribution < 1.29 is 14.6 Å². The monoisotopic (exact) mass is 253 g/mol. The molecule has 0 spiro atoms. The Morgan fingerprint density at radius 2 is 2.00 bits per heavy atom. The number of hydrogen-bond acceptors (Lipinski definition) is 4. The summed E-state index contributed by atoms with van der Waals surface area (Å²) >= 11 is 0. The molecule has 0 heterocycles. The highest BCUT2D eigenvalue weighted by molar-refractivity contribution is 5.24. The van der Waals surface area contributed by atoms with E-state index in [1.807, 2.05) is 44.3 Å². The van der Waals surface area contributed by atoms with Crippen molar-refractivity contribution in [1.82, 2.24) is 5.32 Å². The molecule has 4 nitrogen and oxygen atoms in total. The quantitative estimate of drug-likeness (QED) is 0.729. The average Bonchev–Trinajstić information content (AvgIpc) is 2.42. The second-order valence-corrected chi connectivity index (χ2v) is 4.43. The summed E-state index contributed by atoms with van der Waals surface area (Å²) in [6, 6.07) is 9.83. The lowest BCUT2D eigenvalue weighted by Crippen LogP contribution is -2.48. The third-order valence-corrected chi connectivity index (χ3v) is 3.09. The largest absolute Gasteiger partial charge is 0.394 e. The summed E-state index contributed by atoms with van der Waals surface area (Å²) in [5.74, 6) is 0. The summed E-state index contributed by atoms with van der Waals surface area (Å²) in [7, 11) is 3.47. The Labute approximate surface area is 109 Å². The Morgan fingerprint density at radius 3 is 2.50 bits per heavy atom. The summed E-state index contributed by atoms with van der Waals surface area (Å²) in [6.07, 6.45) is -0.00186. The van der Waals surface area contributed by atoms with Gasteiger partial charge in [0.05, 0.1) is 31.5 Å². The van der Waals surface area contributed by atoms with Gasteiger partial charge in [-0.3, -0.25) is 0 Å². The molecule has 4 heteroatoms. The summed E-state index contributed by atoms with van der Waals surface area (Å²) in [5.41, 5.74) is 0.447. The predicted octanol–water partition coefficient (Wildman–Crippen LogP) is 1.15. The summed E-state index contributed by atoms with van der Waals surface area (Å²) in [5, 5.41) is 12.9. The zero-order valence-corrected chi connectivity index (χ0v) is 11.3. The number of methoxy groups -OCH3 is 1. The van der Waals surface area contributed by atoms with Gasteiger partial charge in [-0.25, -0.2) is 0 Å². The molecule has 102 valence electrons. The van der Waals surface area contributed by atoms with Gasteiger partial charge >= 0.3 is 0 Å². The van der Waals surface area contributed by atoms with Gasteiger partial charge in [0, 0.05) is 7.11 Å². The van der Waals surface area contributed by atoms with Gasteiger partial charge in [0.25, 0.3) is 0 Å². The van der Waals surface area contributed by atoms with Crippen LogP contribution >= 0.6 is 0 Å². The highest BCUT2D eigenvalue weighted by Gasteiger charge is 2.30. The second-order valence-electron chi connectivity index (χ2n) is 4.43. The number of nitrogens with one attached hydrogen (secondary N) is 1. The van der Waals surface area contributed by atoms with Crippen molar-refractivity contribution in [2.24, 2.45) is 0 Å². The first-order valence-electron chi connectivity index (χ1n) is 6.14. The van der Waals surface area contributed by atoms with E-state index >= 15 is 0 Å². The highest BCUT2D eigenvalue weighted by Crippen LogP contribution is 2.21. The molecule has 0 bridgehead atoms. The summed E-state index contributed by atoms with van der Waals surface area (Å²) in [6.45, 7) is 2.87. The van der Waals surface area contributed by atoms with Gasteiger partial charge in [-0.15, -0.1) is 0 Å². The number of hydrogen-bond donors (Lipinski definition) is 2. The Bertz CT molecular complexity index is 325. The van der Waals surface area contributed by atoms with E-state index in [-0.39, 0.29) is 12.7 Å². The normalized spacial score (nSPS) is 16.2. The van der Waals surface area contributed by atoms with Gasteiger partial charge in [0.1, 0.15) is 0 Å². The van der Waals surface area contributed by atoms with Crippen LogP contribution in [0, 0.1) is 0 Å². The molecule has 0 radical (unpaired) electrons. The molecule has 0 saturated heterocycles. The fourth-order valence-corrected chi connectivity index (χ4v) is 1.84. The van der Waals surface area contributed by atoms with E-state index in [1.165, 1.54) is 0 Å². The van der Waals surface area contributed by atoms with E-state index < -0.39 is 5.54 Å². The zero-order chi connectivity index (χ0) is 13.4. The third-order valence-electron chi connectivity index (χ3n) is 3.09. The maximum Gasteiger partial charge on any atom is 0.0903 e. The van der Waals surface area contributed by atoms with Crippen LogP contribution in [0.4, 0.5) is 0 Å². The van der Waals surface area contributed by atoms with Crippen LogP contribution in [-0.4, -0.2) is 45.2 Å². The fraction of sp³-hybridized carbons (Fsp3) is 0.571. The first kappa shape index (κ1) is 15.1. The number of benzene rings is 1. The molecule has 2 unspecified atom stereocenters. The Morgan fingerprint density at radius 1 is 1.33 bits per heavy atom. The van der Waals surface area contributed by atoms with Crippen LogP contribution in [-0.2, 0) is 15.0 Å². The van der Waals surface area contributed by atoms with Crippen molar-refractivity contribution in [1.29, 1.82) is 0 Å². The van der Waals surface area contributed by atoms with Gasteiger partial charge < -0.3 is 19.9 Å². The van der Waals surface area contributed by atoms with Crippen LogP contribution in [0.15, 0.2) is 30.3 Å². The summed E-state index contributed by atoms with van der Waals surface area (Å²) < 4.78 is 10.8. The molecule has 0 aliphatic heterocycles. The second kappa shape index (κ2) is 7.48. The Hall–Kier alpha value is -0.940. The third kappa shape index (κ3) is 3.78. The van der Waals surface area contributed by atoms with Gasteiger partial charge in [0.2, 0.25) is 0 Å². The first-order valence-corrected chi connectivity index (χ1v) is 6.14. The van der Waals surface area contributed by atoms with E-state index in [0.29, 0.717) is 13.2 Å². The van der Waals surface area contributed by atoms with Crippen LogP contribution in [0.3, 0.4) is 0 Å². The number of rotatable bonds is 8. The zero-order valence-electron chi connectivity index (χ0n) is 11.3. The first-order chi connectivity index (χ1) is 8.68. The van der Waals surface area contributed by atoms with Crippen molar-refractivity contribution in [2.45, 2.75) is 18.6 Å². The minimum absolute atomic E-state index is 0.00186. The minimum Gasteiger partial charge on any atom is -0.394 e. The van der Waals surface area contributed by atoms with E-state index in [4.69, 9.17) is 9.47 Å². The fourth-order valence-electron chi connectivity index (χ4n) is 1.84. The number of likely N-dealkylation sites (N-methyl/N-ethyl adjacent to an activating group) is 1. The van der Waals surface area contributed by atoms with Crippen molar-refractivity contribution in [3.05, 3.63) is 35.9 Å². The van der Waals surface area contributed by atoms with Gasteiger partial charge in [-0.2, -0.15) is 0 Å². The van der Waals surface area contributed by atoms with E-state index in [1.54, 1.807) is 7.11 Å². The van der Waals surface area contributed by atoms with Gasteiger partial charge in [0.15, 0.2) is 0 Å². The minimum atomic E-state index is -0.566. The standard InChI is InChI=1S/C14H23NO3/c1-12(9-17-3)18-11-14(10-16,15-2)13-7-5-4-6-8-13/h4-8,12,15-16H,9-11H2,1-3H3. The molecule has 0 saturated carbocycles. The Balaban J connectivity index is 2.75. The lowest BCUT2D eigenvalue weighted by Gasteiger charge is -2.33. The lowest BCUT2D eigenvalue weighted by atomic mass is 9.92. The smallest absolute Gasteiger partial charge is 0.0903 e. The molecule has 18 heavy (non-hydrogen) atoms. The topological polar surface area (TPSA) is 50.7 Å². The van der Waals surface area contributed by atoms with Crippen molar-refractivity contribution in [3.8, 4) is 0 Å². The van der Waals surface area contributed by atoms with E-state index in [0.717, 1.165) is 5.56 Å². The molecule has 0 fully saturated rings. The van der Waals surface area contributed by atoms with Crippen LogP contribution in [0.1, 0.15) is 12.5 Å². The maximum atomic E-state index is 9.70. The number of aliphatic hydroxyl groups is 1. The molecule has 2 N–H and O–H groups in total. The maximum absolute atomic E-state index is 9.70. The number of aliphatic hydroxyl groups excluding tert-OH is 1.